The third kappa shape index (κ3) is 6.39. The molecule has 0 aromatic carbocycles. The lowest BCUT2D eigenvalue weighted by Gasteiger charge is -2.24. The molecule has 1 fully saturated rings. The summed E-state index contributed by atoms with van der Waals surface area (Å²) in [6.07, 6.45) is 9.07. The van der Waals surface area contributed by atoms with Crippen molar-refractivity contribution >= 4 is 0 Å². The summed E-state index contributed by atoms with van der Waals surface area (Å²) in [6, 6.07) is 0. The zero-order valence-electron chi connectivity index (χ0n) is 11.3. The van der Waals surface area contributed by atoms with E-state index in [1.54, 1.807) is 0 Å². The van der Waals surface area contributed by atoms with Crippen LogP contribution in [0.1, 0.15) is 51.9 Å². The Kier molecular flexibility index (Phi) is 8.67. The van der Waals surface area contributed by atoms with E-state index in [9.17, 15) is 0 Å². The van der Waals surface area contributed by atoms with Gasteiger partial charge in [-0.25, -0.2) is 0 Å². The van der Waals surface area contributed by atoms with Crippen LogP contribution in [0.5, 0.6) is 0 Å². The molecule has 0 heterocycles. The van der Waals surface area contributed by atoms with Gasteiger partial charge >= 0.3 is 0 Å². The Bertz CT molecular complexity index is 176. The van der Waals surface area contributed by atoms with Crippen LogP contribution >= 0.6 is 0 Å². The SMILES string of the molecule is CCCCOCCOC1CCCCCC1CN. The van der Waals surface area contributed by atoms with Gasteiger partial charge in [0.25, 0.3) is 0 Å². The van der Waals surface area contributed by atoms with Gasteiger partial charge < -0.3 is 15.2 Å². The summed E-state index contributed by atoms with van der Waals surface area (Å²) < 4.78 is 11.5. The van der Waals surface area contributed by atoms with Crippen LogP contribution < -0.4 is 5.73 Å². The normalized spacial score (nSPS) is 25.8. The monoisotopic (exact) mass is 243 g/mol. The smallest absolute Gasteiger partial charge is 0.0704 e. The molecule has 0 aromatic rings. The number of ether oxygens (including phenoxy) is 2. The van der Waals surface area contributed by atoms with E-state index in [0.717, 1.165) is 32.8 Å². The van der Waals surface area contributed by atoms with E-state index in [1.165, 1.54) is 38.5 Å². The minimum absolute atomic E-state index is 0.372. The van der Waals surface area contributed by atoms with Crippen LogP contribution in [0, 0.1) is 5.92 Å². The molecule has 3 heteroatoms. The third-order valence-corrected chi connectivity index (χ3v) is 3.59. The minimum atomic E-state index is 0.372. The average molecular weight is 243 g/mol. The maximum absolute atomic E-state index is 5.94. The molecule has 17 heavy (non-hydrogen) atoms. The predicted octanol–water partition coefficient (Wildman–Crippen LogP) is 2.73. The van der Waals surface area contributed by atoms with Crippen molar-refractivity contribution in [1.82, 2.24) is 0 Å². The van der Waals surface area contributed by atoms with Gasteiger partial charge in [-0.3, -0.25) is 0 Å². The highest BCUT2D eigenvalue weighted by atomic mass is 16.5. The third-order valence-electron chi connectivity index (χ3n) is 3.59. The van der Waals surface area contributed by atoms with Gasteiger partial charge in [0.1, 0.15) is 0 Å². The van der Waals surface area contributed by atoms with Crippen LogP contribution in [-0.4, -0.2) is 32.5 Å². The zero-order valence-corrected chi connectivity index (χ0v) is 11.3. The van der Waals surface area contributed by atoms with E-state index in [0.29, 0.717) is 12.0 Å². The van der Waals surface area contributed by atoms with E-state index in [-0.39, 0.29) is 0 Å². The Labute approximate surface area is 106 Å². The Hall–Kier alpha value is -0.120. The van der Waals surface area contributed by atoms with E-state index < -0.39 is 0 Å². The van der Waals surface area contributed by atoms with Crippen LogP contribution in [-0.2, 0) is 9.47 Å². The number of hydrogen-bond donors (Lipinski definition) is 1. The van der Waals surface area contributed by atoms with Gasteiger partial charge in [-0.05, 0) is 31.7 Å². The van der Waals surface area contributed by atoms with Gasteiger partial charge in [-0.2, -0.15) is 0 Å². The fourth-order valence-corrected chi connectivity index (χ4v) is 2.45. The Morgan fingerprint density at radius 3 is 2.65 bits per heavy atom. The number of unbranched alkanes of at least 4 members (excludes halogenated alkanes) is 1. The van der Waals surface area contributed by atoms with Crippen molar-refractivity contribution in [3.8, 4) is 0 Å². The fourth-order valence-electron chi connectivity index (χ4n) is 2.45. The first-order valence-electron chi connectivity index (χ1n) is 7.28. The van der Waals surface area contributed by atoms with Gasteiger partial charge in [0, 0.05) is 6.61 Å². The van der Waals surface area contributed by atoms with Crippen LogP contribution in [0.2, 0.25) is 0 Å². The molecular weight excluding hydrogens is 214 g/mol. The van der Waals surface area contributed by atoms with Crippen molar-refractivity contribution < 1.29 is 9.47 Å². The lowest BCUT2D eigenvalue weighted by Crippen LogP contribution is -2.30. The molecule has 1 rings (SSSR count). The molecule has 1 aliphatic rings. The maximum atomic E-state index is 5.94. The summed E-state index contributed by atoms with van der Waals surface area (Å²) in [5.74, 6) is 0.563. The first-order chi connectivity index (χ1) is 8.38. The van der Waals surface area contributed by atoms with Crippen LogP contribution in [0.4, 0.5) is 0 Å². The molecule has 102 valence electrons. The Balaban J connectivity index is 2.10. The average Bonchev–Trinajstić information content (AvgIpc) is 2.58. The summed E-state index contributed by atoms with van der Waals surface area (Å²) >= 11 is 0. The lowest BCUT2D eigenvalue weighted by molar-refractivity contribution is -0.0229. The van der Waals surface area contributed by atoms with Gasteiger partial charge in [-0.15, -0.1) is 0 Å². The molecule has 0 aliphatic heterocycles. The van der Waals surface area contributed by atoms with Crippen LogP contribution in [0.25, 0.3) is 0 Å². The number of rotatable bonds is 8. The first-order valence-corrected chi connectivity index (χ1v) is 7.28. The fraction of sp³-hybridized carbons (Fsp3) is 1.00. The molecule has 0 amide bonds. The predicted molar refractivity (Wildman–Crippen MR) is 71.1 cm³/mol. The molecule has 0 radical (unpaired) electrons. The molecule has 0 bridgehead atoms. The highest BCUT2D eigenvalue weighted by molar-refractivity contribution is 4.75. The molecule has 0 saturated heterocycles. The van der Waals surface area contributed by atoms with E-state index in [4.69, 9.17) is 15.2 Å². The first kappa shape index (κ1) is 14.9. The minimum Gasteiger partial charge on any atom is -0.379 e. The van der Waals surface area contributed by atoms with Crippen molar-refractivity contribution in [2.24, 2.45) is 11.7 Å². The zero-order chi connectivity index (χ0) is 12.3. The Morgan fingerprint density at radius 2 is 1.88 bits per heavy atom. The lowest BCUT2D eigenvalue weighted by atomic mass is 9.97. The van der Waals surface area contributed by atoms with Crippen molar-refractivity contribution in [1.29, 1.82) is 0 Å². The summed E-state index contributed by atoms with van der Waals surface area (Å²) in [6.45, 7) is 5.27. The van der Waals surface area contributed by atoms with Crippen molar-refractivity contribution in [3.63, 3.8) is 0 Å². The highest BCUT2D eigenvalue weighted by Crippen LogP contribution is 2.24. The highest BCUT2D eigenvalue weighted by Gasteiger charge is 2.22. The summed E-state index contributed by atoms with van der Waals surface area (Å²) in [4.78, 5) is 0. The van der Waals surface area contributed by atoms with Crippen LogP contribution in [0.3, 0.4) is 0 Å². The van der Waals surface area contributed by atoms with Gasteiger partial charge in [0.2, 0.25) is 0 Å². The topological polar surface area (TPSA) is 44.5 Å². The molecule has 0 aromatic heterocycles. The summed E-state index contributed by atoms with van der Waals surface area (Å²) in [5.41, 5.74) is 5.82. The molecule has 2 N–H and O–H groups in total. The second-order valence-corrected chi connectivity index (χ2v) is 5.01. The van der Waals surface area contributed by atoms with Crippen LogP contribution in [0.15, 0.2) is 0 Å². The standard InChI is InChI=1S/C14H29NO2/c1-2-3-9-16-10-11-17-14-8-6-4-5-7-13(14)12-15/h13-14H,2-12,15H2,1H3. The summed E-state index contributed by atoms with van der Waals surface area (Å²) in [7, 11) is 0. The molecule has 1 saturated carbocycles. The van der Waals surface area contributed by atoms with Crippen molar-refractivity contribution in [3.05, 3.63) is 0 Å². The van der Waals surface area contributed by atoms with E-state index >= 15 is 0 Å². The molecule has 3 nitrogen and oxygen atoms in total. The van der Waals surface area contributed by atoms with Gasteiger partial charge in [0.15, 0.2) is 0 Å². The second kappa shape index (κ2) is 9.86. The maximum Gasteiger partial charge on any atom is 0.0704 e. The molecule has 2 unspecified atom stereocenters. The molecular formula is C14H29NO2. The Morgan fingerprint density at radius 1 is 1.06 bits per heavy atom. The molecule has 0 spiro atoms. The van der Waals surface area contributed by atoms with Gasteiger partial charge in [0.05, 0.1) is 19.3 Å². The van der Waals surface area contributed by atoms with Gasteiger partial charge in [-0.1, -0.05) is 32.6 Å². The largest absolute Gasteiger partial charge is 0.379 e. The number of nitrogens with two attached hydrogens (primary N) is 1. The van der Waals surface area contributed by atoms with Crippen molar-refractivity contribution in [2.45, 2.75) is 58.0 Å². The second-order valence-electron chi connectivity index (χ2n) is 5.01. The quantitative estimate of drug-likeness (QED) is 0.526. The molecule has 1 aliphatic carbocycles. The van der Waals surface area contributed by atoms with E-state index in [1.807, 2.05) is 0 Å². The summed E-state index contributed by atoms with van der Waals surface area (Å²) in [5, 5.41) is 0. The number of hydrogen-bond acceptors (Lipinski definition) is 3. The van der Waals surface area contributed by atoms with E-state index in [2.05, 4.69) is 6.92 Å². The van der Waals surface area contributed by atoms with Crippen molar-refractivity contribution in [2.75, 3.05) is 26.4 Å². The molecule has 2 atom stereocenters.